The van der Waals surface area contributed by atoms with Crippen LogP contribution in [0.15, 0.2) is 60.7 Å². The molecule has 0 spiro atoms. The van der Waals surface area contributed by atoms with E-state index >= 15 is 0 Å². The van der Waals surface area contributed by atoms with Gasteiger partial charge in [-0.3, -0.25) is 62.4 Å². The van der Waals surface area contributed by atoms with Crippen molar-refractivity contribution in [1.82, 2.24) is 63.4 Å². The molecule has 12 amide bonds. The highest BCUT2D eigenvalue weighted by Crippen LogP contribution is 2.26. The van der Waals surface area contributed by atoms with Gasteiger partial charge in [0.2, 0.25) is 70.9 Å². The number of rotatable bonds is 51. The number of aliphatic hydroxyl groups excluding tert-OH is 1. The van der Waals surface area contributed by atoms with Crippen LogP contribution in [0.4, 0.5) is 0 Å². The van der Waals surface area contributed by atoms with Crippen LogP contribution in [0.3, 0.4) is 0 Å². The maximum absolute atomic E-state index is 13.1. The molecule has 2 aromatic carbocycles. The lowest BCUT2D eigenvalue weighted by molar-refractivity contribution is -0.131. The van der Waals surface area contributed by atoms with Crippen LogP contribution in [0, 0.1) is 5.92 Å². The van der Waals surface area contributed by atoms with Crippen LogP contribution in [0.5, 0.6) is 0 Å². The molecule has 4 atom stereocenters. The number of nitrogens with two attached hydrogens (primary N) is 1. The van der Waals surface area contributed by atoms with Gasteiger partial charge in [-0.1, -0.05) is 67.6 Å². The van der Waals surface area contributed by atoms with Crippen molar-refractivity contribution in [3.8, 4) is 0 Å². The second-order valence-electron chi connectivity index (χ2n) is 23.6. The van der Waals surface area contributed by atoms with E-state index in [1.165, 1.54) is 6.92 Å². The fourth-order valence-corrected chi connectivity index (χ4v) is 9.60. The number of nitrogens with one attached hydrogen (secondary N) is 11. The second kappa shape index (κ2) is 48.5. The summed E-state index contributed by atoms with van der Waals surface area (Å²) in [6, 6.07) is 15.7. The van der Waals surface area contributed by atoms with E-state index in [0.717, 1.165) is 31.2 Å². The first-order valence-corrected chi connectivity index (χ1v) is 32.8. The van der Waals surface area contributed by atoms with Crippen molar-refractivity contribution in [2.75, 3.05) is 132 Å². The van der Waals surface area contributed by atoms with E-state index in [2.05, 4.69) is 63.4 Å². The molecule has 0 aliphatic heterocycles. The van der Waals surface area contributed by atoms with Crippen molar-refractivity contribution < 1.29 is 91.1 Å². The zero-order chi connectivity index (χ0) is 71.2. The van der Waals surface area contributed by atoms with E-state index in [9.17, 15) is 62.6 Å². The first-order valence-electron chi connectivity index (χ1n) is 32.8. The average molecular weight is 1370 g/mol. The predicted molar refractivity (Wildman–Crippen MR) is 353 cm³/mol. The Balaban J connectivity index is 1.36. The van der Waals surface area contributed by atoms with Crippen LogP contribution in [-0.4, -0.2) is 248 Å². The SMILES string of the molecule is CCOC(C)(C)C(C)CC(=O)NC1CCC(N(CCOCCOCCC(=O)NCC(=O)NCC(=O)N[C@@H](Cc2ccccc2)C(=O)NCC(=O)NCOCC(N)=O)CCOCCOCCC(=O)NCC(=O)NCC(=O)N[C@@H](Cc2ccccc2)C(=O)NCC(=O)NC[C@H](C)O)CC1. The number of primary amides is 1. The van der Waals surface area contributed by atoms with Crippen LogP contribution in [0.25, 0.3) is 0 Å². The number of carbonyl (C=O) groups excluding carboxylic acids is 12. The predicted octanol–water partition coefficient (Wildman–Crippen LogP) is -3.37. The molecule has 1 fully saturated rings. The van der Waals surface area contributed by atoms with Gasteiger partial charge in [-0.15, -0.1) is 0 Å². The molecule has 0 heterocycles. The van der Waals surface area contributed by atoms with Gasteiger partial charge in [0, 0.05) is 70.4 Å². The van der Waals surface area contributed by atoms with Crippen molar-refractivity contribution in [3.05, 3.63) is 71.8 Å². The van der Waals surface area contributed by atoms with E-state index in [4.69, 9.17) is 34.2 Å². The maximum Gasteiger partial charge on any atom is 0.243 e. The van der Waals surface area contributed by atoms with Crippen LogP contribution in [0.2, 0.25) is 0 Å². The van der Waals surface area contributed by atoms with Crippen molar-refractivity contribution >= 4 is 70.9 Å². The summed E-state index contributed by atoms with van der Waals surface area (Å²) in [5, 5.41) is 37.3. The highest BCUT2D eigenvalue weighted by molar-refractivity contribution is 5.94. The molecule has 0 saturated heterocycles. The highest BCUT2D eigenvalue weighted by Gasteiger charge is 2.31. The van der Waals surface area contributed by atoms with Gasteiger partial charge in [0.05, 0.1) is 104 Å². The van der Waals surface area contributed by atoms with E-state index in [0.29, 0.717) is 44.9 Å². The van der Waals surface area contributed by atoms with Gasteiger partial charge in [0.1, 0.15) is 25.4 Å². The molecule has 32 heteroatoms. The van der Waals surface area contributed by atoms with Gasteiger partial charge >= 0.3 is 0 Å². The summed E-state index contributed by atoms with van der Waals surface area (Å²) in [5.74, 6) is -6.78. The minimum absolute atomic E-state index is 0.00155. The molecular formula is C65H103N13O19. The first-order chi connectivity index (χ1) is 46.4. The topological polar surface area (TPSA) is 442 Å². The van der Waals surface area contributed by atoms with Gasteiger partial charge in [-0.05, 0) is 70.4 Å². The lowest BCUT2D eigenvalue weighted by Crippen LogP contribution is -2.52. The molecule has 2 aromatic rings. The molecular weight excluding hydrogens is 1270 g/mol. The third-order valence-electron chi connectivity index (χ3n) is 15.2. The average Bonchev–Trinajstić information content (AvgIpc) is 0.950. The fourth-order valence-electron chi connectivity index (χ4n) is 9.60. The number of hydrogen-bond acceptors (Lipinski definition) is 20. The molecule has 97 heavy (non-hydrogen) atoms. The molecule has 1 unspecified atom stereocenters. The molecule has 0 aromatic heterocycles. The summed E-state index contributed by atoms with van der Waals surface area (Å²) in [7, 11) is 0. The van der Waals surface area contributed by atoms with Gasteiger partial charge in [0.25, 0.3) is 0 Å². The smallest absolute Gasteiger partial charge is 0.243 e. The van der Waals surface area contributed by atoms with E-state index < -0.39 is 128 Å². The lowest BCUT2D eigenvalue weighted by Gasteiger charge is -2.37. The summed E-state index contributed by atoms with van der Waals surface area (Å²) >= 11 is 0. The Labute approximate surface area is 566 Å². The van der Waals surface area contributed by atoms with Crippen molar-refractivity contribution in [2.24, 2.45) is 11.7 Å². The number of benzene rings is 2. The lowest BCUT2D eigenvalue weighted by atomic mass is 9.88. The van der Waals surface area contributed by atoms with Crippen molar-refractivity contribution in [3.63, 3.8) is 0 Å². The van der Waals surface area contributed by atoms with Gasteiger partial charge in [-0.25, -0.2) is 0 Å². The van der Waals surface area contributed by atoms with E-state index in [-0.39, 0.29) is 109 Å². The van der Waals surface area contributed by atoms with E-state index in [1.807, 2.05) is 27.7 Å². The van der Waals surface area contributed by atoms with Gasteiger partial charge < -0.3 is 97.7 Å². The monoisotopic (exact) mass is 1370 g/mol. The van der Waals surface area contributed by atoms with Crippen molar-refractivity contribution in [1.29, 1.82) is 0 Å². The standard InChI is InChI=1S/C65H103N13O19/c1-6-97-65(4,5)45(2)33-56(83)75-49-17-19-50(20-18-49)78(23-27-94-31-29-92-25-21-54(81)68-37-57(84)70-41-61(88)76-51(34-47-13-9-7-10-14-47)63(90)72-39-59(86)67-36-46(3)79)24-28-95-32-30-93-26-22-55(82)69-38-58(85)71-42-62(89)77-52(35-48-15-11-8-12-16-48)64(91)73-40-60(87)74-44-96-43-53(66)80/h7-16,45-46,49-52,79H,6,17-44H2,1-5H3,(H2,66,80)(H,67,86)(H,68,81)(H,69,82)(H,70,84)(H,71,85)(H,72,90)(H,73,91)(H,74,87)(H,75,83)(H,76,88)(H,77,89)/t45?,46-,49?,50?,51-,52-/m0/s1. The summed E-state index contributed by atoms with van der Waals surface area (Å²) in [6.45, 7) is 9.46. The Morgan fingerprint density at radius 1 is 0.515 bits per heavy atom. The number of nitrogens with zero attached hydrogens (tertiary/aromatic N) is 1. The van der Waals surface area contributed by atoms with Crippen LogP contribution >= 0.6 is 0 Å². The largest absolute Gasteiger partial charge is 0.392 e. The molecule has 0 radical (unpaired) electrons. The number of amides is 12. The van der Waals surface area contributed by atoms with Crippen LogP contribution < -0.4 is 64.2 Å². The molecule has 0 bridgehead atoms. The highest BCUT2D eigenvalue weighted by atomic mass is 16.5. The Morgan fingerprint density at radius 3 is 1.37 bits per heavy atom. The summed E-state index contributed by atoms with van der Waals surface area (Å²) in [6.07, 6.45) is 2.91. The molecule has 32 nitrogen and oxygen atoms in total. The Bertz CT molecular complexity index is 2740. The molecule has 1 aliphatic carbocycles. The molecule has 542 valence electrons. The molecule has 3 rings (SSSR count). The number of hydrogen-bond donors (Lipinski definition) is 13. The number of carbonyl (C=O) groups is 12. The number of aliphatic hydroxyl groups is 1. The minimum atomic E-state index is -1.12. The minimum Gasteiger partial charge on any atom is -0.392 e. The zero-order valence-electron chi connectivity index (χ0n) is 56.6. The van der Waals surface area contributed by atoms with E-state index in [1.54, 1.807) is 60.7 Å². The third-order valence-corrected chi connectivity index (χ3v) is 15.2. The summed E-state index contributed by atoms with van der Waals surface area (Å²) in [4.78, 5) is 152. The Morgan fingerprint density at radius 2 is 0.928 bits per heavy atom. The van der Waals surface area contributed by atoms with Crippen LogP contribution in [-0.2, 0) is 98.8 Å². The summed E-state index contributed by atoms with van der Waals surface area (Å²) in [5.41, 5.74) is 6.00. The first kappa shape index (κ1) is 83.0. The van der Waals surface area contributed by atoms with Gasteiger partial charge in [-0.2, -0.15) is 0 Å². The Kier molecular flexibility index (Phi) is 41.5. The molecule has 1 saturated carbocycles. The van der Waals surface area contributed by atoms with Gasteiger partial charge in [0.15, 0.2) is 0 Å². The quantitative estimate of drug-likeness (QED) is 0.0227. The zero-order valence-corrected chi connectivity index (χ0v) is 56.6. The molecule has 14 N–H and O–H groups in total. The van der Waals surface area contributed by atoms with Crippen molar-refractivity contribution in [2.45, 2.75) is 128 Å². The summed E-state index contributed by atoms with van der Waals surface area (Å²) < 4.78 is 33.8. The second-order valence-corrected chi connectivity index (χ2v) is 23.6. The fraction of sp³-hybridized carbons (Fsp3) is 0.631. The van der Waals surface area contributed by atoms with Crippen LogP contribution in [0.1, 0.15) is 90.7 Å². The normalized spacial score (nSPS) is 14.8. The maximum atomic E-state index is 13.1. The third kappa shape index (κ3) is 39.5. The Hall–Kier alpha value is -8.24. The number of ether oxygens (including phenoxy) is 6. The molecule has 1 aliphatic rings.